The van der Waals surface area contributed by atoms with Crippen LogP contribution >= 0.6 is 0 Å². The highest BCUT2D eigenvalue weighted by atomic mass is 32.2. The third kappa shape index (κ3) is 6.47. The number of hydrogen-bond acceptors (Lipinski definition) is 8. The Morgan fingerprint density at radius 3 is 2.63 bits per heavy atom. The lowest BCUT2D eigenvalue weighted by molar-refractivity contribution is -0.0592. The average Bonchev–Trinajstić information content (AvgIpc) is 3.27. The molecule has 13 heteroatoms. The number of nitrogens with one attached hydrogen (secondary N) is 1. The molecule has 0 amide bonds. The summed E-state index contributed by atoms with van der Waals surface area (Å²) in [5, 5.41) is 9.47. The van der Waals surface area contributed by atoms with Crippen LogP contribution in [0.1, 0.15) is 22.6 Å². The predicted molar refractivity (Wildman–Crippen MR) is 154 cm³/mol. The molecule has 5 rings (SSSR count). The molecule has 3 aromatic rings. The molecule has 2 fully saturated rings. The van der Waals surface area contributed by atoms with Crippen LogP contribution in [0.25, 0.3) is 11.0 Å². The first-order chi connectivity index (χ1) is 19.8. The van der Waals surface area contributed by atoms with Gasteiger partial charge in [-0.15, -0.1) is 0 Å². The fourth-order valence-electron chi connectivity index (χ4n) is 4.80. The molecule has 0 unspecified atom stereocenters. The molecule has 2 saturated heterocycles. The molecule has 0 spiro atoms. The second-order valence-electron chi connectivity index (χ2n) is 9.78. The van der Waals surface area contributed by atoms with Crippen molar-refractivity contribution >= 4 is 38.7 Å². The van der Waals surface area contributed by atoms with Crippen molar-refractivity contribution in [2.24, 2.45) is 0 Å². The van der Waals surface area contributed by atoms with Crippen LogP contribution in [0.2, 0.25) is 0 Å². The van der Waals surface area contributed by atoms with E-state index >= 15 is 0 Å². The molecule has 0 radical (unpaired) electrons. The Kier molecular flexibility index (Phi) is 8.47. The van der Waals surface area contributed by atoms with Crippen LogP contribution in [-0.2, 0) is 27.8 Å². The Hall–Kier alpha value is -4.07. The normalized spacial score (nSPS) is 18.5. The summed E-state index contributed by atoms with van der Waals surface area (Å²) in [4.78, 5) is 24.6. The van der Waals surface area contributed by atoms with Gasteiger partial charge >= 0.3 is 5.97 Å². The quantitative estimate of drug-likeness (QED) is 0.326. The molecule has 216 valence electrons. The van der Waals surface area contributed by atoms with Crippen LogP contribution in [0.15, 0.2) is 72.4 Å². The first-order valence-electron chi connectivity index (χ1n) is 13.2. The van der Waals surface area contributed by atoms with Gasteiger partial charge in [-0.2, -0.15) is 0 Å². The number of piperazine rings is 1. The number of aromatic nitrogens is 3. The van der Waals surface area contributed by atoms with Gasteiger partial charge in [0.05, 0.1) is 35.8 Å². The number of carbonyl (C=O) groups is 1. The molecule has 0 aliphatic carbocycles. The van der Waals surface area contributed by atoms with E-state index in [4.69, 9.17) is 9.72 Å². The molecule has 2 aliphatic rings. The van der Waals surface area contributed by atoms with E-state index in [-0.39, 0.29) is 23.8 Å². The van der Waals surface area contributed by atoms with Gasteiger partial charge in [0.2, 0.25) is 0 Å². The Bertz CT molecular complexity index is 1610. The minimum atomic E-state index is -4.16. The molecule has 2 aliphatic heterocycles. The molecular formula is C28H31FN6O5S. The second-order valence-corrected chi connectivity index (χ2v) is 11.5. The van der Waals surface area contributed by atoms with Gasteiger partial charge in [0.25, 0.3) is 10.0 Å². The molecule has 4 heterocycles. The second kappa shape index (κ2) is 12.2. The first kappa shape index (κ1) is 28.5. The first-order valence-corrected chi connectivity index (χ1v) is 14.7. The fraction of sp³-hybridized carbons (Fsp3) is 0.321. The number of rotatable bonds is 11. The molecular weight excluding hydrogens is 551 g/mol. The lowest BCUT2D eigenvalue weighted by Gasteiger charge is -2.35. The van der Waals surface area contributed by atoms with Crippen LogP contribution in [-0.4, -0.2) is 77.8 Å². The van der Waals surface area contributed by atoms with Crippen molar-refractivity contribution in [3.05, 3.63) is 83.8 Å². The Balaban J connectivity index is 1.27. The highest BCUT2D eigenvalue weighted by Crippen LogP contribution is 2.24. The lowest BCUT2D eigenvalue weighted by atomic mass is 10.1. The highest BCUT2D eigenvalue weighted by molar-refractivity contribution is 7.96. The number of hydrogen-bond donors (Lipinski definition) is 2. The number of anilines is 2. The summed E-state index contributed by atoms with van der Waals surface area (Å²) in [6.07, 6.45) is 4.85. The number of fused-ring (bicyclic) bond motifs is 1. The van der Waals surface area contributed by atoms with E-state index in [2.05, 4.69) is 30.7 Å². The van der Waals surface area contributed by atoms with Crippen molar-refractivity contribution in [1.29, 1.82) is 0 Å². The van der Waals surface area contributed by atoms with Crippen LogP contribution in [0.4, 0.5) is 16.0 Å². The Morgan fingerprint density at radius 1 is 1.20 bits per heavy atom. The zero-order chi connectivity index (χ0) is 29.0. The van der Waals surface area contributed by atoms with Gasteiger partial charge in [0, 0.05) is 32.8 Å². The van der Waals surface area contributed by atoms with Gasteiger partial charge in [0.15, 0.2) is 0 Å². The summed E-state index contributed by atoms with van der Waals surface area (Å²) in [5.74, 6) is 0.562. The Morgan fingerprint density at radius 2 is 1.98 bits per heavy atom. The molecule has 0 saturated carbocycles. The number of benzene rings is 1. The third-order valence-electron chi connectivity index (χ3n) is 7.10. The number of allylic oxidation sites excluding steroid dienone is 3. The predicted octanol–water partition coefficient (Wildman–Crippen LogP) is 3.54. The number of imidazole rings is 1. The number of halogens is 1. The highest BCUT2D eigenvalue weighted by Gasteiger charge is 2.25. The number of carboxylic acids is 1. The largest absolute Gasteiger partial charge is 0.478 e. The van der Waals surface area contributed by atoms with Crippen molar-refractivity contribution in [2.75, 3.05) is 42.4 Å². The van der Waals surface area contributed by atoms with E-state index < -0.39 is 20.9 Å². The number of nitrogens with zero attached hydrogens (tertiary/aromatic N) is 5. The molecule has 2 aromatic heterocycles. The number of pyridine rings is 1. The maximum absolute atomic E-state index is 13.2. The SMILES string of the molecule is C=C/C=C\C(=C\F)S(=O)(=O)Nc1cccc(N2CCN(Cc3nc4ccc(C(=O)O)cc4n3C[C@@H]3CCO3)CC2)n1. The number of sulfonamides is 1. The third-order valence-corrected chi connectivity index (χ3v) is 8.43. The van der Waals surface area contributed by atoms with Gasteiger partial charge in [0.1, 0.15) is 28.7 Å². The van der Waals surface area contributed by atoms with Crippen molar-refractivity contribution < 1.29 is 27.4 Å². The number of carboxylic acid groups (broad SMARTS) is 1. The van der Waals surface area contributed by atoms with Crippen molar-refractivity contribution in [3.63, 3.8) is 0 Å². The molecule has 2 N–H and O–H groups in total. The zero-order valence-corrected chi connectivity index (χ0v) is 23.1. The van der Waals surface area contributed by atoms with E-state index in [0.717, 1.165) is 36.0 Å². The standard InChI is InChI=1S/C28H31FN6O5S/c1-2-3-5-22(17-29)41(38,39)32-25-6-4-7-26(31-25)34-13-11-33(12-14-34)19-27-30-23-9-8-20(28(36)37)16-24(23)35(27)18-21-10-15-40-21/h2-9,16-17,21H,1,10-15,18-19H2,(H,31,32)(H,36,37)/b5-3-,22-17-/t21-/m0/s1. The van der Waals surface area contributed by atoms with Crippen molar-refractivity contribution in [3.8, 4) is 0 Å². The summed E-state index contributed by atoms with van der Waals surface area (Å²) >= 11 is 0. The average molecular weight is 583 g/mol. The topological polar surface area (TPSA) is 130 Å². The zero-order valence-electron chi connectivity index (χ0n) is 22.3. The fourth-order valence-corrected chi connectivity index (χ4v) is 5.68. The van der Waals surface area contributed by atoms with Gasteiger partial charge in [-0.3, -0.25) is 9.62 Å². The molecule has 41 heavy (non-hydrogen) atoms. The minimum Gasteiger partial charge on any atom is -0.478 e. The van der Waals surface area contributed by atoms with Gasteiger partial charge in [-0.25, -0.2) is 27.6 Å². The maximum atomic E-state index is 13.2. The smallest absolute Gasteiger partial charge is 0.335 e. The van der Waals surface area contributed by atoms with E-state index in [1.54, 1.807) is 30.3 Å². The summed E-state index contributed by atoms with van der Waals surface area (Å²) in [6.45, 7) is 8.11. The molecule has 1 aromatic carbocycles. The van der Waals surface area contributed by atoms with E-state index in [9.17, 15) is 22.7 Å². The van der Waals surface area contributed by atoms with E-state index in [0.29, 0.717) is 45.1 Å². The number of aromatic carboxylic acids is 1. The van der Waals surface area contributed by atoms with Gasteiger partial charge in [-0.05, 0) is 42.8 Å². The minimum absolute atomic E-state index is 0.0178. The maximum Gasteiger partial charge on any atom is 0.335 e. The summed E-state index contributed by atoms with van der Waals surface area (Å²) in [5.41, 5.74) is 1.75. The van der Waals surface area contributed by atoms with E-state index in [1.165, 1.54) is 18.2 Å². The molecule has 11 nitrogen and oxygen atoms in total. The van der Waals surface area contributed by atoms with Gasteiger partial charge < -0.3 is 19.3 Å². The summed E-state index contributed by atoms with van der Waals surface area (Å²) in [7, 11) is -4.16. The Labute approximate surface area is 237 Å². The van der Waals surface area contributed by atoms with Crippen LogP contribution in [0.3, 0.4) is 0 Å². The lowest BCUT2D eigenvalue weighted by Crippen LogP contribution is -2.46. The van der Waals surface area contributed by atoms with Crippen LogP contribution < -0.4 is 9.62 Å². The number of ether oxygens (including phenoxy) is 1. The monoisotopic (exact) mass is 582 g/mol. The molecule has 0 bridgehead atoms. The summed E-state index contributed by atoms with van der Waals surface area (Å²) < 4.78 is 48.4. The van der Waals surface area contributed by atoms with Crippen LogP contribution in [0.5, 0.6) is 0 Å². The molecule has 1 atom stereocenters. The van der Waals surface area contributed by atoms with Gasteiger partial charge in [-0.1, -0.05) is 24.8 Å². The summed E-state index contributed by atoms with van der Waals surface area (Å²) in [6, 6.07) is 9.98. The van der Waals surface area contributed by atoms with Crippen LogP contribution in [0, 0.1) is 0 Å². The van der Waals surface area contributed by atoms with Crippen molar-refractivity contribution in [1.82, 2.24) is 19.4 Å². The van der Waals surface area contributed by atoms with Crippen molar-refractivity contribution in [2.45, 2.75) is 25.6 Å². The van der Waals surface area contributed by atoms with E-state index in [1.807, 2.05) is 0 Å².